The maximum Gasteiger partial charge on any atom is 0.417 e. The molecule has 0 unspecified atom stereocenters. The van der Waals surface area contributed by atoms with Crippen molar-refractivity contribution in [1.29, 1.82) is 0 Å². The highest BCUT2D eigenvalue weighted by Gasteiger charge is 2.31. The molecule has 0 aliphatic carbocycles. The van der Waals surface area contributed by atoms with Crippen LogP contribution in [0.5, 0.6) is 0 Å². The van der Waals surface area contributed by atoms with Crippen molar-refractivity contribution < 1.29 is 18.0 Å². The Morgan fingerprint density at radius 1 is 1.04 bits per heavy atom. The topological polar surface area (TPSA) is 79.5 Å². The number of hydrogen-bond donors (Lipinski definition) is 0. The van der Waals surface area contributed by atoms with Crippen LogP contribution in [0, 0.1) is 0 Å². The lowest BCUT2D eigenvalue weighted by Crippen LogP contribution is -2.49. The molecule has 0 spiro atoms. The van der Waals surface area contributed by atoms with Crippen LogP contribution in [0.15, 0.2) is 36.8 Å². The Kier molecular flexibility index (Phi) is 4.13. The number of halogens is 3. The first-order valence-electron chi connectivity index (χ1n) is 8.16. The van der Waals surface area contributed by atoms with E-state index in [4.69, 9.17) is 0 Å². The maximum absolute atomic E-state index is 12.6. The van der Waals surface area contributed by atoms with E-state index >= 15 is 0 Å². The largest absolute Gasteiger partial charge is 0.417 e. The molecule has 4 heterocycles. The number of piperazine rings is 1. The van der Waals surface area contributed by atoms with Gasteiger partial charge in [0.2, 0.25) is 0 Å². The summed E-state index contributed by atoms with van der Waals surface area (Å²) in [7, 11) is 0. The van der Waals surface area contributed by atoms with Crippen molar-refractivity contribution in [3.63, 3.8) is 0 Å². The van der Waals surface area contributed by atoms with Crippen molar-refractivity contribution in [1.82, 2.24) is 29.7 Å². The van der Waals surface area contributed by atoms with E-state index in [2.05, 4.69) is 20.3 Å². The number of alkyl halides is 3. The summed E-state index contributed by atoms with van der Waals surface area (Å²) >= 11 is 0. The SMILES string of the molecule is O=C(c1ccc2nncn2n1)N1CCN(c2ccc(C(F)(F)F)cn2)CC1. The summed E-state index contributed by atoms with van der Waals surface area (Å²) in [4.78, 5) is 20.0. The normalized spacial score (nSPS) is 15.4. The summed E-state index contributed by atoms with van der Waals surface area (Å²) in [5.74, 6) is 0.241. The molecule has 4 rings (SSSR count). The Bertz CT molecular complexity index is 962. The summed E-state index contributed by atoms with van der Waals surface area (Å²) in [6.45, 7) is 1.78. The summed E-state index contributed by atoms with van der Waals surface area (Å²) in [6.07, 6.45) is -2.17. The Morgan fingerprint density at radius 2 is 1.81 bits per heavy atom. The van der Waals surface area contributed by atoms with Crippen LogP contribution in [-0.2, 0) is 6.18 Å². The number of pyridine rings is 1. The number of fused-ring (bicyclic) bond motifs is 1. The number of carbonyl (C=O) groups excluding carboxylic acids is 1. The molecule has 1 amide bonds. The molecule has 1 fully saturated rings. The van der Waals surface area contributed by atoms with Crippen LogP contribution >= 0.6 is 0 Å². The molecule has 0 bridgehead atoms. The van der Waals surface area contributed by atoms with E-state index in [1.807, 2.05) is 4.90 Å². The van der Waals surface area contributed by atoms with Gasteiger partial charge in [-0.1, -0.05) is 0 Å². The minimum Gasteiger partial charge on any atom is -0.353 e. The average Bonchev–Trinajstić information content (AvgIpc) is 3.15. The Balaban J connectivity index is 1.41. The van der Waals surface area contributed by atoms with Gasteiger partial charge in [-0.2, -0.15) is 22.8 Å². The lowest BCUT2D eigenvalue weighted by molar-refractivity contribution is -0.137. The Labute approximate surface area is 151 Å². The predicted molar refractivity (Wildman–Crippen MR) is 88.1 cm³/mol. The molecule has 11 heteroatoms. The maximum atomic E-state index is 12.6. The van der Waals surface area contributed by atoms with Crippen molar-refractivity contribution in [2.24, 2.45) is 0 Å². The number of rotatable bonds is 2. The van der Waals surface area contributed by atoms with Gasteiger partial charge in [-0.15, -0.1) is 10.2 Å². The molecule has 0 aromatic carbocycles. The standard InChI is InChI=1S/C16H14F3N7O/c17-16(18,19)11-1-3-13(20-9-11)24-5-7-25(8-6-24)15(27)12-2-4-14-22-21-10-26(14)23-12/h1-4,9-10H,5-8H2. The monoisotopic (exact) mass is 377 g/mol. The lowest BCUT2D eigenvalue weighted by atomic mass is 10.2. The second kappa shape index (κ2) is 6.49. The van der Waals surface area contributed by atoms with Gasteiger partial charge in [-0.25, -0.2) is 4.98 Å². The number of anilines is 1. The first kappa shape index (κ1) is 17.2. The fourth-order valence-electron chi connectivity index (χ4n) is 2.88. The Hall–Kier alpha value is -3.24. The van der Waals surface area contributed by atoms with Gasteiger partial charge in [-0.05, 0) is 24.3 Å². The van der Waals surface area contributed by atoms with Crippen molar-refractivity contribution in [2.75, 3.05) is 31.1 Å². The molecule has 27 heavy (non-hydrogen) atoms. The molecule has 0 radical (unpaired) electrons. The third-order valence-electron chi connectivity index (χ3n) is 4.35. The van der Waals surface area contributed by atoms with Gasteiger partial charge in [0.25, 0.3) is 5.91 Å². The van der Waals surface area contributed by atoms with Gasteiger partial charge in [-0.3, -0.25) is 4.79 Å². The van der Waals surface area contributed by atoms with Crippen molar-refractivity contribution in [3.8, 4) is 0 Å². The fraction of sp³-hybridized carbons (Fsp3) is 0.312. The summed E-state index contributed by atoms with van der Waals surface area (Å²) in [5, 5.41) is 11.7. The third kappa shape index (κ3) is 3.39. The molecule has 140 valence electrons. The average molecular weight is 377 g/mol. The Morgan fingerprint density at radius 3 is 2.48 bits per heavy atom. The van der Waals surface area contributed by atoms with E-state index < -0.39 is 11.7 Å². The number of carbonyl (C=O) groups is 1. The van der Waals surface area contributed by atoms with Crippen LogP contribution in [0.1, 0.15) is 16.1 Å². The van der Waals surface area contributed by atoms with Gasteiger partial charge in [0.1, 0.15) is 17.8 Å². The molecule has 0 N–H and O–H groups in total. The van der Waals surface area contributed by atoms with E-state index in [-0.39, 0.29) is 11.6 Å². The van der Waals surface area contributed by atoms with Gasteiger partial charge >= 0.3 is 6.18 Å². The van der Waals surface area contributed by atoms with E-state index in [1.165, 1.54) is 16.9 Å². The van der Waals surface area contributed by atoms with Crippen molar-refractivity contribution >= 4 is 17.4 Å². The summed E-state index contributed by atoms with van der Waals surface area (Å²) in [5.41, 5.74) is 0.0451. The van der Waals surface area contributed by atoms with Gasteiger partial charge in [0.15, 0.2) is 5.65 Å². The summed E-state index contributed by atoms with van der Waals surface area (Å²) < 4.78 is 39.3. The van der Waals surface area contributed by atoms with Crippen LogP contribution < -0.4 is 4.90 Å². The molecule has 1 saturated heterocycles. The highest BCUT2D eigenvalue weighted by molar-refractivity contribution is 5.92. The van der Waals surface area contributed by atoms with Crippen LogP contribution in [-0.4, -0.2) is 61.8 Å². The molecular weight excluding hydrogens is 363 g/mol. The second-order valence-corrected chi connectivity index (χ2v) is 6.03. The third-order valence-corrected chi connectivity index (χ3v) is 4.35. The van der Waals surface area contributed by atoms with Crippen LogP contribution in [0.25, 0.3) is 5.65 Å². The zero-order valence-electron chi connectivity index (χ0n) is 14.0. The minimum atomic E-state index is -4.41. The number of amides is 1. The zero-order valence-corrected chi connectivity index (χ0v) is 14.0. The second-order valence-electron chi connectivity index (χ2n) is 6.03. The molecule has 1 aliphatic rings. The number of aromatic nitrogens is 5. The molecule has 3 aromatic rings. The van der Waals surface area contributed by atoms with E-state index in [1.54, 1.807) is 17.0 Å². The van der Waals surface area contributed by atoms with E-state index in [9.17, 15) is 18.0 Å². The van der Waals surface area contributed by atoms with Crippen molar-refractivity contribution in [3.05, 3.63) is 48.0 Å². The molecular formula is C16H14F3N7O. The quantitative estimate of drug-likeness (QED) is 0.674. The number of nitrogens with zero attached hydrogens (tertiary/aromatic N) is 7. The highest BCUT2D eigenvalue weighted by Crippen LogP contribution is 2.29. The van der Waals surface area contributed by atoms with Crippen LogP contribution in [0.4, 0.5) is 19.0 Å². The van der Waals surface area contributed by atoms with Gasteiger partial charge < -0.3 is 9.80 Å². The van der Waals surface area contributed by atoms with Crippen LogP contribution in [0.3, 0.4) is 0 Å². The van der Waals surface area contributed by atoms with Gasteiger partial charge in [0, 0.05) is 32.4 Å². The zero-order chi connectivity index (χ0) is 19.0. The van der Waals surface area contributed by atoms with E-state index in [0.717, 1.165) is 12.3 Å². The van der Waals surface area contributed by atoms with Crippen molar-refractivity contribution in [2.45, 2.75) is 6.18 Å². The predicted octanol–water partition coefficient (Wildman–Crippen LogP) is 1.50. The van der Waals surface area contributed by atoms with Crippen LogP contribution in [0.2, 0.25) is 0 Å². The molecule has 3 aromatic heterocycles. The number of hydrogen-bond acceptors (Lipinski definition) is 6. The smallest absolute Gasteiger partial charge is 0.353 e. The van der Waals surface area contributed by atoms with E-state index in [0.29, 0.717) is 37.6 Å². The highest BCUT2D eigenvalue weighted by atomic mass is 19.4. The lowest BCUT2D eigenvalue weighted by Gasteiger charge is -2.35. The first-order valence-corrected chi connectivity index (χ1v) is 8.16. The molecule has 0 saturated carbocycles. The van der Waals surface area contributed by atoms with Gasteiger partial charge in [0.05, 0.1) is 5.56 Å². The molecule has 8 nitrogen and oxygen atoms in total. The fourth-order valence-corrected chi connectivity index (χ4v) is 2.88. The molecule has 0 atom stereocenters. The first-order chi connectivity index (χ1) is 12.9. The minimum absolute atomic E-state index is 0.217. The molecule has 1 aliphatic heterocycles. The summed E-state index contributed by atoms with van der Waals surface area (Å²) in [6, 6.07) is 5.62.